The van der Waals surface area contributed by atoms with Gasteiger partial charge in [-0.1, -0.05) is 26.7 Å². The number of rotatable bonds is 10. The van der Waals surface area contributed by atoms with Crippen molar-refractivity contribution < 1.29 is 18.0 Å². The van der Waals surface area contributed by atoms with Crippen molar-refractivity contribution in [3.63, 3.8) is 0 Å². The van der Waals surface area contributed by atoms with Crippen LogP contribution in [0.5, 0.6) is 0 Å². The van der Waals surface area contributed by atoms with E-state index in [9.17, 15) is 0 Å². The van der Waals surface area contributed by atoms with Crippen molar-refractivity contribution in [2.45, 2.75) is 39.2 Å². The van der Waals surface area contributed by atoms with Gasteiger partial charge in [0.1, 0.15) is 6.79 Å². The molecular formula is C10H24O4Si. The summed E-state index contributed by atoms with van der Waals surface area (Å²) in [4.78, 5) is 0. The third kappa shape index (κ3) is 6.27. The molecule has 0 aliphatic carbocycles. The molecule has 15 heavy (non-hydrogen) atoms. The van der Waals surface area contributed by atoms with Crippen LogP contribution in [0, 0.1) is 0 Å². The molecule has 0 amide bonds. The summed E-state index contributed by atoms with van der Waals surface area (Å²) >= 11 is 0. The van der Waals surface area contributed by atoms with Crippen LogP contribution in [0.2, 0.25) is 6.04 Å². The van der Waals surface area contributed by atoms with E-state index in [0.717, 1.165) is 19.1 Å². The standard InChI is InChI=1S/C10H24O4Si/c1-5-7-8-9-13-10-14-15(6-2,11-3)12-4/h5-10H2,1-4H3. The average molecular weight is 236 g/mol. The van der Waals surface area contributed by atoms with E-state index in [4.69, 9.17) is 18.0 Å². The Morgan fingerprint density at radius 3 is 2.13 bits per heavy atom. The molecule has 0 rings (SSSR count). The van der Waals surface area contributed by atoms with Gasteiger partial charge in [-0.15, -0.1) is 0 Å². The highest BCUT2D eigenvalue weighted by atomic mass is 28.4. The molecule has 0 aliphatic heterocycles. The fourth-order valence-electron chi connectivity index (χ4n) is 1.24. The van der Waals surface area contributed by atoms with Crippen molar-refractivity contribution in [3.8, 4) is 0 Å². The molecule has 0 bridgehead atoms. The molecule has 4 nitrogen and oxygen atoms in total. The Balaban J connectivity index is 3.54. The Kier molecular flexibility index (Phi) is 9.33. The van der Waals surface area contributed by atoms with Crippen LogP contribution in [-0.4, -0.2) is 36.4 Å². The Morgan fingerprint density at radius 1 is 1.00 bits per heavy atom. The van der Waals surface area contributed by atoms with Gasteiger partial charge in [-0.25, -0.2) is 0 Å². The lowest BCUT2D eigenvalue weighted by Gasteiger charge is -2.24. The van der Waals surface area contributed by atoms with E-state index in [1.165, 1.54) is 12.8 Å². The molecule has 0 unspecified atom stereocenters. The number of hydrogen-bond donors (Lipinski definition) is 0. The summed E-state index contributed by atoms with van der Waals surface area (Å²) in [6, 6.07) is 0.762. The molecule has 0 aromatic rings. The lowest BCUT2D eigenvalue weighted by Crippen LogP contribution is -2.43. The van der Waals surface area contributed by atoms with Gasteiger partial charge in [0.25, 0.3) is 0 Å². The van der Waals surface area contributed by atoms with Gasteiger partial charge in [-0.3, -0.25) is 0 Å². The molecule has 0 saturated heterocycles. The first-order valence-electron chi connectivity index (χ1n) is 5.56. The van der Waals surface area contributed by atoms with Crippen molar-refractivity contribution in [2.24, 2.45) is 0 Å². The number of ether oxygens (including phenoxy) is 1. The fourth-order valence-corrected chi connectivity index (χ4v) is 2.68. The van der Waals surface area contributed by atoms with Gasteiger partial charge in [-0.05, 0) is 6.42 Å². The molecule has 5 heteroatoms. The van der Waals surface area contributed by atoms with Crippen molar-refractivity contribution in [1.29, 1.82) is 0 Å². The summed E-state index contributed by atoms with van der Waals surface area (Å²) in [5.74, 6) is 0. The minimum atomic E-state index is -2.41. The predicted octanol–water partition coefficient (Wildman–Crippen LogP) is 2.42. The van der Waals surface area contributed by atoms with E-state index < -0.39 is 8.80 Å². The van der Waals surface area contributed by atoms with E-state index in [1.807, 2.05) is 6.92 Å². The van der Waals surface area contributed by atoms with Gasteiger partial charge in [0.15, 0.2) is 0 Å². The van der Waals surface area contributed by atoms with Gasteiger partial charge >= 0.3 is 8.80 Å². The van der Waals surface area contributed by atoms with Crippen LogP contribution in [0.15, 0.2) is 0 Å². The molecular weight excluding hydrogens is 212 g/mol. The molecule has 0 radical (unpaired) electrons. The summed E-state index contributed by atoms with van der Waals surface area (Å²) in [5, 5.41) is 0. The van der Waals surface area contributed by atoms with Crippen LogP contribution >= 0.6 is 0 Å². The first-order valence-corrected chi connectivity index (χ1v) is 7.49. The highest BCUT2D eigenvalue weighted by Crippen LogP contribution is 2.12. The van der Waals surface area contributed by atoms with E-state index in [-0.39, 0.29) is 6.79 Å². The lowest BCUT2D eigenvalue weighted by atomic mass is 10.3. The third-order valence-corrected chi connectivity index (χ3v) is 4.98. The van der Waals surface area contributed by atoms with Crippen LogP contribution in [-0.2, 0) is 18.0 Å². The molecule has 0 aromatic carbocycles. The van der Waals surface area contributed by atoms with Crippen LogP contribution in [0.4, 0.5) is 0 Å². The number of hydrogen-bond acceptors (Lipinski definition) is 4. The molecule has 0 aliphatic rings. The molecule has 0 fully saturated rings. The van der Waals surface area contributed by atoms with Gasteiger partial charge in [0, 0.05) is 26.9 Å². The van der Waals surface area contributed by atoms with Crippen molar-refractivity contribution in [3.05, 3.63) is 0 Å². The monoisotopic (exact) mass is 236 g/mol. The van der Waals surface area contributed by atoms with Crippen LogP contribution < -0.4 is 0 Å². The molecule has 0 spiro atoms. The zero-order valence-electron chi connectivity index (χ0n) is 10.4. The highest BCUT2D eigenvalue weighted by molar-refractivity contribution is 6.60. The summed E-state index contributed by atoms with van der Waals surface area (Å²) in [6.07, 6.45) is 3.49. The normalized spacial score (nSPS) is 12.0. The second-order valence-electron chi connectivity index (χ2n) is 3.32. The molecule has 92 valence electrons. The molecule has 0 atom stereocenters. The van der Waals surface area contributed by atoms with Gasteiger partial charge in [0.2, 0.25) is 0 Å². The zero-order chi connectivity index (χ0) is 11.6. The predicted molar refractivity (Wildman–Crippen MR) is 61.7 cm³/mol. The van der Waals surface area contributed by atoms with E-state index in [2.05, 4.69) is 6.92 Å². The number of unbranched alkanes of at least 4 members (excludes halogenated alkanes) is 2. The van der Waals surface area contributed by atoms with Gasteiger partial charge in [0.05, 0.1) is 0 Å². The van der Waals surface area contributed by atoms with E-state index in [0.29, 0.717) is 0 Å². The van der Waals surface area contributed by atoms with Crippen molar-refractivity contribution >= 4 is 8.80 Å². The largest absolute Gasteiger partial charge is 0.501 e. The zero-order valence-corrected chi connectivity index (χ0v) is 11.4. The topological polar surface area (TPSA) is 36.9 Å². The third-order valence-electron chi connectivity index (χ3n) is 2.31. The van der Waals surface area contributed by atoms with Crippen LogP contribution in [0.3, 0.4) is 0 Å². The van der Waals surface area contributed by atoms with E-state index in [1.54, 1.807) is 14.2 Å². The highest BCUT2D eigenvalue weighted by Gasteiger charge is 2.36. The van der Waals surface area contributed by atoms with Gasteiger partial charge < -0.3 is 18.0 Å². The maximum Gasteiger partial charge on any atom is 0.501 e. The molecule has 0 saturated carbocycles. The van der Waals surface area contributed by atoms with E-state index >= 15 is 0 Å². The Morgan fingerprint density at radius 2 is 1.67 bits per heavy atom. The quantitative estimate of drug-likeness (QED) is 0.332. The minimum Gasteiger partial charge on any atom is -0.377 e. The van der Waals surface area contributed by atoms with Crippen LogP contribution in [0.1, 0.15) is 33.1 Å². The Labute approximate surface area is 94.2 Å². The Bertz CT molecular complexity index is 131. The maximum absolute atomic E-state index is 5.53. The van der Waals surface area contributed by atoms with Crippen LogP contribution in [0.25, 0.3) is 0 Å². The average Bonchev–Trinajstić information content (AvgIpc) is 2.29. The second-order valence-corrected chi connectivity index (χ2v) is 6.50. The first kappa shape index (κ1) is 15.1. The van der Waals surface area contributed by atoms with Gasteiger partial charge in [-0.2, -0.15) is 0 Å². The van der Waals surface area contributed by atoms with Crippen molar-refractivity contribution in [2.75, 3.05) is 27.6 Å². The summed E-state index contributed by atoms with van der Waals surface area (Å²) < 4.78 is 21.4. The molecule has 0 heterocycles. The molecule has 0 N–H and O–H groups in total. The Hall–Kier alpha value is 0.0569. The first-order chi connectivity index (χ1) is 7.24. The fraction of sp³-hybridized carbons (Fsp3) is 1.00. The maximum atomic E-state index is 5.53. The summed E-state index contributed by atoms with van der Waals surface area (Å²) in [6.45, 7) is 5.18. The summed E-state index contributed by atoms with van der Waals surface area (Å²) in [5.41, 5.74) is 0. The minimum absolute atomic E-state index is 0.269. The smallest absolute Gasteiger partial charge is 0.377 e. The van der Waals surface area contributed by atoms with Crippen molar-refractivity contribution in [1.82, 2.24) is 0 Å². The molecule has 0 aromatic heterocycles. The SMILES string of the molecule is CCCCCOCO[Si](CC)(OC)OC. The summed E-state index contributed by atoms with van der Waals surface area (Å²) in [7, 11) is 0.832. The lowest BCUT2D eigenvalue weighted by molar-refractivity contribution is -0.0333. The second kappa shape index (κ2) is 9.29.